The van der Waals surface area contributed by atoms with Crippen molar-refractivity contribution >= 4 is 15.9 Å². The summed E-state index contributed by atoms with van der Waals surface area (Å²) in [6.45, 7) is 1.60. The van der Waals surface area contributed by atoms with Crippen molar-refractivity contribution in [1.82, 2.24) is 0 Å². The number of furan rings is 1. The maximum absolute atomic E-state index is 12.4. The molecule has 0 aliphatic rings. The van der Waals surface area contributed by atoms with E-state index < -0.39 is 12.3 Å². The van der Waals surface area contributed by atoms with Crippen LogP contribution in [0.25, 0.3) is 0 Å². The predicted octanol–water partition coefficient (Wildman–Crippen LogP) is 2.66. The number of halogens is 3. The molecule has 1 unspecified atom stereocenters. The average molecular weight is 254 g/mol. The Hall–Kier alpha value is -0.420. The number of nitrogens with two attached hydrogens (primary N) is 1. The Labute approximate surface area is 83.2 Å². The Balaban J connectivity index is 2.97. The van der Waals surface area contributed by atoms with Gasteiger partial charge in [0.1, 0.15) is 5.76 Å². The van der Waals surface area contributed by atoms with Crippen molar-refractivity contribution in [3.8, 4) is 0 Å². The molecule has 2 N–H and O–H groups in total. The molecule has 1 aromatic rings. The van der Waals surface area contributed by atoms with Crippen molar-refractivity contribution in [2.24, 2.45) is 5.73 Å². The van der Waals surface area contributed by atoms with Gasteiger partial charge in [-0.05, 0) is 34.5 Å². The lowest BCUT2D eigenvalue weighted by molar-refractivity contribution is 0.106. The first-order valence-corrected chi connectivity index (χ1v) is 4.59. The molecule has 1 heterocycles. The minimum atomic E-state index is -2.48. The summed E-state index contributed by atoms with van der Waals surface area (Å²) in [5.74, 6) is -0.740. The highest BCUT2D eigenvalue weighted by Gasteiger charge is 2.26. The molecule has 13 heavy (non-hydrogen) atoms. The van der Waals surface area contributed by atoms with Gasteiger partial charge in [0.25, 0.3) is 0 Å². The highest BCUT2D eigenvalue weighted by atomic mass is 79.9. The van der Waals surface area contributed by atoms with Crippen LogP contribution in [-0.2, 0) is 0 Å². The number of hydrogen-bond acceptors (Lipinski definition) is 2. The molecule has 0 saturated carbocycles. The number of rotatable bonds is 3. The number of aryl methyl sites for hydroxylation is 1. The van der Waals surface area contributed by atoms with Crippen molar-refractivity contribution in [3.63, 3.8) is 0 Å². The second-order valence-corrected chi connectivity index (χ2v) is 3.56. The zero-order chi connectivity index (χ0) is 10.0. The van der Waals surface area contributed by atoms with Gasteiger partial charge in [0, 0.05) is 6.54 Å². The summed E-state index contributed by atoms with van der Waals surface area (Å²) < 4.78 is 30.4. The first-order chi connectivity index (χ1) is 6.06. The van der Waals surface area contributed by atoms with Crippen LogP contribution in [0.5, 0.6) is 0 Å². The van der Waals surface area contributed by atoms with Gasteiger partial charge in [0.2, 0.25) is 6.43 Å². The molecule has 1 rings (SSSR count). The molecule has 1 aromatic heterocycles. The first-order valence-electron chi connectivity index (χ1n) is 3.80. The maximum Gasteiger partial charge on any atom is 0.249 e. The summed E-state index contributed by atoms with van der Waals surface area (Å²) in [7, 11) is 0. The van der Waals surface area contributed by atoms with E-state index in [0.29, 0.717) is 10.2 Å². The Morgan fingerprint density at radius 3 is 2.54 bits per heavy atom. The normalized spacial score (nSPS) is 13.7. The lowest BCUT2D eigenvalue weighted by Gasteiger charge is -2.11. The van der Waals surface area contributed by atoms with Crippen molar-refractivity contribution < 1.29 is 13.2 Å². The van der Waals surface area contributed by atoms with Crippen LogP contribution in [0.4, 0.5) is 8.78 Å². The molecular formula is C8H10BrF2NO. The summed E-state index contributed by atoms with van der Waals surface area (Å²) in [6, 6.07) is 1.65. The van der Waals surface area contributed by atoms with Gasteiger partial charge in [-0.1, -0.05) is 0 Å². The summed E-state index contributed by atoms with van der Waals surface area (Å²) >= 11 is 3.08. The van der Waals surface area contributed by atoms with Gasteiger partial charge in [-0.25, -0.2) is 8.78 Å². The fourth-order valence-corrected chi connectivity index (χ4v) is 1.67. The topological polar surface area (TPSA) is 39.2 Å². The fourth-order valence-electron chi connectivity index (χ4n) is 1.15. The molecule has 0 amide bonds. The van der Waals surface area contributed by atoms with Crippen molar-refractivity contribution in [3.05, 3.63) is 22.1 Å². The maximum atomic E-state index is 12.4. The minimum absolute atomic E-state index is 0.113. The molecular weight excluding hydrogens is 244 g/mol. The van der Waals surface area contributed by atoms with Crippen molar-refractivity contribution in [2.45, 2.75) is 19.3 Å². The third-order valence-corrected chi connectivity index (χ3v) is 2.21. The first kappa shape index (κ1) is 10.7. The second kappa shape index (κ2) is 4.19. The van der Waals surface area contributed by atoms with E-state index in [-0.39, 0.29) is 12.3 Å². The van der Waals surface area contributed by atoms with E-state index in [1.54, 1.807) is 13.0 Å². The molecule has 0 aliphatic heterocycles. The minimum Gasteiger partial charge on any atom is -0.454 e. The van der Waals surface area contributed by atoms with Crippen molar-refractivity contribution in [1.29, 1.82) is 0 Å². The lowest BCUT2D eigenvalue weighted by atomic mass is 10.0. The number of alkyl halides is 2. The van der Waals surface area contributed by atoms with Gasteiger partial charge in [-0.15, -0.1) is 0 Å². The lowest BCUT2D eigenvalue weighted by Crippen LogP contribution is -2.19. The molecule has 0 fully saturated rings. The van der Waals surface area contributed by atoms with Gasteiger partial charge >= 0.3 is 0 Å². The van der Waals surface area contributed by atoms with E-state index >= 15 is 0 Å². The summed E-state index contributed by atoms with van der Waals surface area (Å²) in [5, 5.41) is 0. The van der Waals surface area contributed by atoms with Crippen LogP contribution in [0.2, 0.25) is 0 Å². The van der Waals surface area contributed by atoms with E-state index in [9.17, 15) is 8.78 Å². The van der Waals surface area contributed by atoms with Crippen LogP contribution >= 0.6 is 15.9 Å². The quantitative estimate of drug-likeness (QED) is 0.900. The van der Waals surface area contributed by atoms with Crippen LogP contribution in [-0.4, -0.2) is 13.0 Å². The molecule has 0 aromatic carbocycles. The molecule has 74 valence electrons. The van der Waals surface area contributed by atoms with Crippen LogP contribution in [0.15, 0.2) is 15.2 Å². The number of hydrogen-bond donors (Lipinski definition) is 1. The average Bonchev–Trinajstić information content (AvgIpc) is 2.31. The summed E-state index contributed by atoms with van der Waals surface area (Å²) in [5.41, 5.74) is 5.93. The standard InChI is InChI=1S/C8H10BrF2NO/c1-4-2-6(9)13-7(4)5(3-12)8(10)11/h2,5,8H,3,12H2,1H3. The van der Waals surface area contributed by atoms with Crippen LogP contribution in [0, 0.1) is 6.92 Å². The molecule has 0 spiro atoms. The van der Waals surface area contributed by atoms with Gasteiger partial charge in [0.05, 0.1) is 5.92 Å². The molecule has 0 bridgehead atoms. The predicted molar refractivity (Wildman–Crippen MR) is 48.9 cm³/mol. The Kier molecular flexibility index (Phi) is 3.44. The van der Waals surface area contributed by atoms with E-state index in [2.05, 4.69) is 15.9 Å². The third kappa shape index (κ3) is 2.28. The Morgan fingerprint density at radius 2 is 2.23 bits per heavy atom. The smallest absolute Gasteiger partial charge is 0.249 e. The van der Waals surface area contributed by atoms with Crippen LogP contribution < -0.4 is 5.73 Å². The monoisotopic (exact) mass is 253 g/mol. The Bertz CT molecular complexity index is 288. The zero-order valence-electron chi connectivity index (χ0n) is 7.06. The molecule has 0 aliphatic carbocycles. The van der Waals surface area contributed by atoms with Gasteiger partial charge in [-0.3, -0.25) is 0 Å². The highest BCUT2D eigenvalue weighted by Crippen LogP contribution is 2.29. The Morgan fingerprint density at radius 1 is 1.62 bits per heavy atom. The highest BCUT2D eigenvalue weighted by molar-refractivity contribution is 9.10. The fraction of sp³-hybridized carbons (Fsp3) is 0.500. The molecule has 1 atom stereocenters. The second-order valence-electron chi connectivity index (χ2n) is 2.77. The molecule has 5 heteroatoms. The van der Waals surface area contributed by atoms with E-state index in [1.165, 1.54) is 0 Å². The molecule has 0 saturated heterocycles. The molecule has 0 radical (unpaired) electrons. The largest absolute Gasteiger partial charge is 0.454 e. The van der Waals surface area contributed by atoms with Crippen LogP contribution in [0.3, 0.4) is 0 Å². The summed E-state index contributed by atoms with van der Waals surface area (Å²) in [4.78, 5) is 0. The van der Waals surface area contributed by atoms with E-state index in [4.69, 9.17) is 10.2 Å². The van der Waals surface area contributed by atoms with Gasteiger partial charge < -0.3 is 10.2 Å². The van der Waals surface area contributed by atoms with Crippen molar-refractivity contribution in [2.75, 3.05) is 6.54 Å². The van der Waals surface area contributed by atoms with E-state index in [0.717, 1.165) is 0 Å². The van der Waals surface area contributed by atoms with Gasteiger partial charge in [-0.2, -0.15) is 0 Å². The SMILES string of the molecule is Cc1cc(Br)oc1C(CN)C(F)F. The molecule has 2 nitrogen and oxygen atoms in total. The third-order valence-electron chi connectivity index (χ3n) is 1.82. The van der Waals surface area contributed by atoms with E-state index in [1.807, 2.05) is 0 Å². The zero-order valence-corrected chi connectivity index (χ0v) is 8.64. The van der Waals surface area contributed by atoms with Gasteiger partial charge in [0.15, 0.2) is 4.67 Å². The summed E-state index contributed by atoms with van der Waals surface area (Å²) in [6.07, 6.45) is -2.48. The van der Waals surface area contributed by atoms with Crippen LogP contribution in [0.1, 0.15) is 17.2 Å².